The first-order valence-electron chi connectivity index (χ1n) is 5.69. The minimum Gasteiger partial charge on any atom is -0.115 e. The van der Waals surface area contributed by atoms with Crippen LogP contribution in [0, 0.1) is 12.3 Å². The van der Waals surface area contributed by atoms with Gasteiger partial charge in [-0.2, -0.15) is 0 Å². The van der Waals surface area contributed by atoms with E-state index in [1.165, 1.54) is 0 Å². The van der Waals surface area contributed by atoms with Crippen molar-refractivity contribution in [2.75, 3.05) is 0 Å². The van der Waals surface area contributed by atoms with E-state index in [0.717, 1.165) is 17.6 Å². The van der Waals surface area contributed by atoms with Crippen molar-refractivity contribution in [3.63, 3.8) is 0 Å². The van der Waals surface area contributed by atoms with Crippen molar-refractivity contribution in [1.82, 2.24) is 0 Å². The third-order valence-electron chi connectivity index (χ3n) is 1.33. The smallest absolute Gasteiger partial charge is 0.0119 e. The first-order chi connectivity index (χ1) is 7.20. The van der Waals surface area contributed by atoms with Crippen LogP contribution >= 0.6 is 0 Å². The maximum Gasteiger partial charge on any atom is -0.0119 e. The van der Waals surface area contributed by atoms with E-state index < -0.39 is 0 Å². The third kappa shape index (κ3) is 19.3. The van der Waals surface area contributed by atoms with Crippen LogP contribution < -0.4 is 0 Å². The number of terminal acetylenes is 1. The summed E-state index contributed by atoms with van der Waals surface area (Å²) in [5, 5.41) is 0. The normalized spacial score (nSPS) is 9.27. The number of hydrogen-bond donors (Lipinski definition) is 0. The predicted octanol–water partition coefficient (Wildman–Crippen LogP) is 5.14. The quantitative estimate of drug-likeness (QED) is 0.443. The van der Waals surface area contributed by atoms with Crippen molar-refractivity contribution in [2.45, 2.75) is 48.0 Å². The monoisotopic (exact) mass is 206 g/mol. The van der Waals surface area contributed by atoms with Gasteiger partial charge in [-0.25, -0.2) is 0 Å². The highest BCUT2D eigenvalue weighted by Crippen LogP contribution is 2.04. The average Bonchev–Trinajstić information content (AvgIpc) is 2.31. The van der Waals surface area contributed by atoms with Crippen LogP contribution in [0.4, 0.5) is 0 Å². The Labute approximate surface area is 96.8 Å². The van der Waals surface area contributed by atoms with Crippen LogP contribution in [0.25, 0.3) is 0 Å². The lowest BCUT2D eigenvalue weighted by atomic mass is 10.1. The van der Waals surface area contributed by atoms with Gasteiger partial charge in [0.1, 0.15) is 0 Å². The van der Waals surface area contributed by atoms with E-state index in [0.29, 0.717) is 0 Å². The van der Waals surface area contributed by atoms with Crippen LogP contribution in [0.3, 0.4) is 0 Å². The Morgan fingerprint density at radius 2 is 1.73 bits per heavy atom. The highest BCUT2D eigenvalue weighted by molar-refractivity contribution is 5.29. The first-order valence-corrected chi connectivity index (χ1v) is 5.69. The summed E-state index contributed by atoms with van der Waals surface area (Å²) in [6.07, 6.45) is 11.7. The molecule has 0 saturated carbocycles. The molecule has 0 aromatic rings. The van der Waals surface area contributed by atoms with Gasteiger partial charge in [-0.15, -0.1) is 6.42 Å². The fourth-order valence-electron chi connectivity index (χ4n) is 0.652. The molecule has 0 heterocycles. The lowest BCUT2D eigenvalue weighted by molar-refractivity contribution is 1.15. The summed E-state index contributed by atoms with van der Waals surface area (Å²) in [4.78, 5) is 0. The summed E-state index contributed by atoms with van der Waals surface area (Å²) in [5.41, 5.74) is 2.28. The Hall–Kier alpha value is -1.22. The molecule has 0 aromatic heterocycles. The van der Waals surface area contributed by atoms with E-state index in [2.05, 4.69) is 19.4 Å². The van der Waals surface area contributed by atoms with Crippen LogP contribution in [0.2, 0.25) is 0 Å². The minimum atomic E-state index is 0.987. The van der Waals surface area contributed by atoms with Crippen LogP contribution in [-0.2, 0) is 0 Å². The molecule has 0 aliphatic rings. The molecule has 0 saturated heterocycles. The highest BCUT2D eigenvalue weighted by atomic mass is 13.9. The molecule has 0 atom stereocenters. The summed E-state index contributed by atoms with van der Waals surface area (Å²) >= 11 is 0. The fourth-order valence-corrected chi connectivity index (χ4v) is 0.652. The molecular weight excluding hydrogens is 180 g/mol. The van der Waals surface area contributed by atoms with Gasteiger partial charge in [0.2, 0.25) is 0 Å². The second kappa shape index (κ2) is 18.5. The summed E-state index contributed by atoms with van der Waals surface area (Å²) in [6, 6.07) is 0. The van der Waals surface area contributed by atoms with Gasteiger partial charge in [-0.05, 0) is 19.4 Å². The van der Waals surface area contributed by atoms with Gasteiger partial charge >= 0.3 is 0 Å². The number of allylic oxidation sites excluding steroid dienone is 5. The Kier molecular flexibility index (Phi) is 23.9. The van der Waals surface area contributed by atoms with Gasteiger partial charge in [-0.3, -0.25) is 0 Å². The van der Waals surface area contributed by atoms with Gasteiger partial charge in [0.25, 0.3) is 0 Å². The molecule has 0 aromatic carbocycles. The molecule has 0 rings (SSSR count). The van der Waals surface area contributed by atoms with E-state index in [9.17, 15) is 0 Å². The van der Waals surface area contributed by atoms with E-state index in [4.69, 9.17) is 6.42 Å². The van der Waals surface area contributed by atoms with Crippen molar-refractivity contribution >= 4 is 0 Å². The predicted molar refractivity (Wildman–Crippen MR) is 73.9 cm³/mol. The van der Waals surface area contributed by atoms with Gasteiger partial charge in [0.05, 0.1) is 0 Å². The molecule has 0 unspecified atom stereocenters. The van der Waals surface area contributed by atoms with Gasteiger partial charge in [0, 0.05) is 0 Å². The zero-order chi connectivity index (χ0) is 12.7. The third-order valence-corrected chi connectivity index (χ3v) is 1.33. The Balaban J connectivity index is -0.000000318. The molecule has 0 fully saturated rings. The molecule has 0 heteroatoms. The Morgan fingerprint density at radius 1 is 1.27 bits per heavy atom. The van der Waals surface area contributed by atoms with Crippen LogP contribution in [0.1, 0.15) is 48.0 Å². The van der Waals surface area contributed by atoms with Crippen LogP contribution in [-0.4, -0.2) is 0 Å². The minimum absolute atomic E-state index is 0.987. The van der Waals surface area contributed by atoms with E-state index in [1.807, 2.05) is 46.8 Å². The summed E-state index contributed by atoms with van der Waals surface area (Å²) in [5.74, 6) is 2.44. The standard InChI is InChI=1S/C11H14.2C2H6/c1-5-7-8-11(4)9-10(3)6-2;2*1-2/h1,7-9H,3,6H2,2,4H3;2*1-2H3/b8-7+,11-9-;;. The molecule has 0 amide bonds. The summed E-state index contributed by atoms with van der Waals surface area (Å²) in [7, 11) is 0. The average molecular weight is 206 g/mol. The lowest BCUT2D eigenvalue weighted by Gasteiger charge is -1.93. The molecule has 0 aliphatic carbocycles. The van der Waals surface area contributed by atoms with E-state index >= 15 is 0 Å². The molecule has 0 spiro atoms. The van der Waals surface area contributed by atoms with Gasteiger partial charge in [0.15, 0.2) is 0 Å². The Bertz CT molecular complexity index is 221. The van der Waals surface area contributed by atoms with Crippen LogP contribution in [0.15, 0.2) is 36.0 Å². The zero-order valence-electron chi connectivity index (χ0n) is 11.2. The first kappa shape index (κ1) is 19.4. The Morgan fingerprint density at radius 3 is 2.07 bits per heavy atom. The molecule has 86 valence electrons. The second-order valence-corrected chi connectivity index (χ2v) is 2.40. The maximum absolute atomic E-state index is 5.05. The summed E-state index contributed by atoms with van der Waals surface area (Å²) in [6.45, 7) is 15.9. The van der Waals surface area contributed by atoms with E-state index in [1.54, 1.807) is 6.08 Å². The molecule has 15 heavy (non-hydrogen) atoms. The topological polar surface area (TPSA) is 0 Å². The SMILES string of the molecule is C#C/C=C/C(C)=C\C(=C)CC.CC.CC. The maximum atomic E-state index is 5.05. The molecular formula is C15H26. The van der Waals surface area contributed by atoms with Crippen molar-refractivity contribution in [3.05, 3.63) is 36.0 Å². The molecule has 0 radical (unpaired) electrons. The number of rotatable bonds is 3. The zero-order valence-corrected chi connectivity index (χ0v) is 11.2. The van der Waals surface area contributed by atoms with Gasteiger partial charge < -0.3 is 0 Å². The summed E-state index contributed by atoms with van der Waals surface area (Å²) < 4.78 is 0. The second-order valence-electron chi connectivity index (χ2n) is 2.40. The van der Waals surface area contributed by atoms with Crippen LogP contribution in [0.5, 0.6) is 0 Å². The largest absolute Gasteiger partial charge is 0.115 e. The molecule has 0 nitrogen and oxygen atoms in total. The molecule has 0 N–H and O–H groups in total. The fraction of sp³-hybridized carbons (Fsp3) is 0.467. The number of hydrogen-bond acceptors (Lipinski definition) is 0. The van der Waals surface area contributed by atoms with Crippen molar-refractivity contribution < 1.29 is 0 Å². The van der Waals surface area contributed by atoms with Crippen molar-refractivity contribution in [1.29, 1.82) is 0 Å². The van der Waals surface area contributed by atoms with Crippen molar-refractivity contribution in [3.8, 4) is 12.3 Å². The highest BCUT2D eigenvalue weighted by Gasteiger charge is 1.84. The molecule has 0 bridgehead atoms. The van der Waals surface area contributed by atoms with E-state index in [-0.39, 0.29) is 0 Å². The van der Waals surface area contributed by atoms with Crippen molar-refractivity contribution in [2.24, 2.45) is 0 Å². The van der Waals surface area contributed by atoms with Gasteiger partial charge in [-0.1, -0.05) is 70.4 Å². The molecule has 0 aliphatic heterocycles. The lowest BCUT2D eigenvalue weighted by Crippen LogP contribution is -1.73.